The van der Waals surface area contributed by atoms with Gasteiger partial charge in [0, 0.05) is 22.1 Å². The number of benzene rings is 6. The van der Waals surface area contributed by atoms with Crippen LogP contribution < -0.4 is 5.32 Å². The molecule has 6 nitrogen and oxygen atoms in total. The van der Waals surface area contributed by atoms with Crippen LogP contribution in [0.1, 0.15) is 39.1 Å². The number of hydrogen-bond acceptors (Lipinski definition) is 6. The van der Waals surface area contributed by atoms with E-state index in [1.165, 1.54) is 11.3 Å². The topological polar surface area (TPSA) is 83.8 Å². The Morgan fingerprint density at radius 2 is 0.902 bits per heavy atom. The van der Waals surface area contributed by atoms with Crippen LogP contribution in [0.2, 0.25) is 0 Å². The number of aromatic nitrogens is 1. The molecule has 0 saturated carbocycles. The number of hydrogen-bond donors (Lipinski definition) is 2. The quantitative estimate of drug-likeness (QED) is 0.0579. The molecule has 0 saturated heterocycles. The molecule has 2 N–H and O–H groups in total. The summed E-state index contributed by atoms with van der Waals surface area (Å²) in [7, 11) is 0. The predicted molar refractivity (Wildman–Crippen MR) is 207 cm³/mol. The molecule has 0 aliphatic carbocycles. The number of thiazole rings is 1. The molecule has 0 spiro atoms. The Morgan fingerprint density at radius 3 is 1.24 bits per heavy atom. The number of nitrogens with zero attached hydrogens (tertiary/aromatic N) is 2. The summed E-state index contributed by atoms with van der Waals surface area (Å²) in [6.45, 7) is 0. The van der Waals surface area contributed by atoms with E-state index in [0.29, 0.717) is 5.13 Å². The summed E-state index contributed by atoms with van der Waals surface area (Å²) in [5.41, 5.74) is 3.18. The molecular formula is C43H34N3NaO3S. The molecule has 246 valence electrons. The van der Waals surface area contributed by atoms with Crippen molar-refractivity contribution in [1.82, 2.24) is 4.98 Å². The average molecular weight is 696 g/mol. The fraction of sp³-hybridized carbons (Fsp3) is 0.0465. The Bertz CT molecular complexity index is 1990. The van der Waals surface area contributed by atoms with Crippen molar-refractivity contribution in [2.45, 2.75) is 11.1 Å². The number of aliphatic carboxylic acids is 1. The van der Waals surface area contributed by atoms with Gasteiger partial charge in [-0.1, -0.05) is 187 Å². The molecular weight excluding hydrogens is 662 g/mol. The minimum absolute atomic E-state index is 0. The number of anilines is 1. The van der Waals surface area contributed by atoms with Crippen LogP contribution in [0.25, 0.3) is 0 Å². The summed E-state index contributed by atoms with van der Waals surface area (Å²) in [5, 5.41) is 20.9. The van der Waals surface area contributed by atoms with Crippen LogP contribution >= 0.6 is 11.3 Å². The van der Waals surface area contributed by atoms with Crippen molar-refractivity contribution in [3.8, 4) is 0 Å². The van der Waals surface area contributed by atoms with E-state index in [4.69, 9.17) is 9.82 Å². The van der Waals surface area contributed by atoms with Gasteiger partial charge in [-0.3, -0.25) is 0 Å². The van der Waals surface area contributed by atoms with Gasteiger partial charge in [-0.05, 0) is 16.7 Å². The van der Waals surface area contributed by atoms with Crippen LogP contribution in [0.4, 0.5) is 5.13 Å². The van der Waals surface area contributed by atoms with Crippen molar-refractivity contribution in [1.29, 1.82) is 0 Å². The summed E-state index contributed by atoms with van der Waals surface area (Å²) in [6.07, 6.45) is 0. The second-order valence-electron chi connectivity index (χ2n) is 11.6. The van der Waals surface area contributed by atoms with Crippen molar-refractivity contribution in [3.63, 3.8) is 0 Å². The van der Waals surface area contributed by atoms with Gasteiger partial charge in [-0.15, -0.1) is 11.3 Å². The van der Waals surface area contributed by atoms with E-state index in [2.05, 4.69) is 46.9 Å². The molecule has 51 heavy (non-hydrogen) atoms. The first-order chi connectivity index (χ1) is 24.6. The minimum atomic E-state index is -1.26. The van der Waals surface area contributed by atoms with Crippen LogP contribution in [0.5, 0.6) is 0 Å². The van der Waals surface area contributed by atoms with Crippen LogP contribution in [-0.2, 0) is 20.8 Å². The van der Waals surface area contributed by atoms with E-state index in [1.54, 1.807) is 5.38 Å². The number of carbonyl (C=O) groups is 1. The van der Waals surface area contributed by atoms with Gasteiger partial charge in [0.2, 0.25) is 11.3 Å². The third-order valence-electron chi connectivity index (χ3n) is 8.68. The van der Waals surface area contributed by atoms with Gasteiger partial charge < -0.3 is 15.3 Å². The number of nitrogens with one attached hydrogen (secondary N) is 1. The third-order valence-corrected chi connectivity index (χ3v) is 9.44. The fourth-order valence-corrected chi connectivity index (χ4v) is 7.12. The molecule has 7 aromatic rings. The first-order valence-corrected chi connectivity index (χ1v) is 17.1. The molecule has 0 bridgehead atoms. The molecule has 0 aliphatic rings. The summed E-state index contributed by atoms with van der Waals surface area (Å²) in [6, 6.07) is 59.6. The van der Waals surface area contributed by atoms with Gasteiger partial charge in [0.15, 0.2) is 5.13 Å². The molecule has 0 aliphatic heterocycles. The SMILES string of the molecule is O=C(O)/C(=N/OC(c1ccccc1)(c1ccccc1)c1ccccc1)c1csc(NC(c2ccccc2)(c2ccccc2)c2ccccc2)n1.[NaH]. The van der Waals surface area contributed by atoms with Gasteiger partial charge in [0.05, 0.1) is 0 Å². The molecule has 0 amide bonds. The monoisotopic (exact) mass is 695 g/mol. The zero-order valence-electron chi connectivity index (χ0n) is 27.0. The predicted octanol–water partition coefficient (Wildman–Crippen LogP) is 8.70. The first-order valence-electron chi connectivity index (χ1n) is 16.2. The van der Waals surface area contributed by atoms with Crippen molar-refractivity contribution >= 4 is 57.7 Å². The summed E-state index contributed by atoms with van der Waals surface area (Å²) in [4.78, 5) is 24.3. The van der Waals surface area contributed by atoms with Crippen LogP contribution in [0.3, 0.4) is 0 Å². The van der Waals surface area contributed by atoms with E-state index < -0.39 is 17.1 Å². The zero-order chi connectivity index (χ0) is 34.2. The Morgan fingerprint density at radius 1 is 0.569 bits per heavy atom. The van der Waals surface area contributed by atoms with Crippen molar-refractivity contribution < 1.29 is 14.7 Å². The van der Waals surface area contributed by atoms with Crippen molar-refractivity contribution in [2.24, 2.45) is 5.16 Å². The molecule has 0 fully saturated rings. The Labute approximate surface area is 323 Å². The summed E-state index contributed by atoms with van der Waals surface area (Å²) < 4.78 is 0. The molecule has 8 heteroatoms. The first kappa shape index (κ1) is 35.5. The van der Waals surface area contributed by atoms with Gasteiger partial charge >= 0.3 is 35.5 Å². The van der Waals surface area contributed by atoms with E-state index in [9.17, 15) is 9.90 Å². The number of carboxylic acids is 1. The number of rotatable bonds is 12. The molecule has 0 radical (unpaired) electrons. The average Bonchev–Trinajstić information content (AvgIpc) is 3.65. The molecule has 7 rings (SSSR count). The van der Waals surface area contributed by atoms with Crippen molar-refractivity contribution in [2.75, 3.05) is 5.32 Å². The van der Waals surface area contributed by atoms with Gasteiger partial charge in [0.25, 0.3) is 0 Å². The number of carboxylic acid groups (broad SMARTS) is 1. The molecule has 6 aromatic carbocycles. The third kappa shape index (κ3) is 7.16. The van der Waals surface area contributed by atoms with E-state index in [0.717, 1.165) is 33.4 Å². The molecule has 1 heterocycles. The molecule has 0 atom stereocenters. The number of oxime groups is 1. The Kier molecular flexibility index (Phi) is 11.2. The molecule has 0 unspecified atom stereocenters. The Balaban J connectivity index is 0.00000448. The van der Waals surface area contributed by atoms with E-state index in [-0.39, 0.29) is 41.0 Å². The van der Waals surface area contributed by atoms with E-state index >= 15 is 0 Å². The standard InChI is InChI=1S/C43H33N3O3S.Na.H/c47-40(48)39(46-49-43(35-25-13-4-14-26-35,36-27-15-5-16-28-36)37-29-17-6-18-30-37)38-31-50-41(44-38)45-42(32-19-7-1-8-20-32,33-21-9-2-10-22-33)34-23-11-3-12-24-34;;/h1-31H,(H,44,45)(H,47,48);;/b46-39+;;. The van der Waals surface area contributed by atoms with Gasteiger partial charge in [-0.2, -0.15) is 0 Å². The van der Waals surface area contributed by atoms with E-state index in [1.807, 2.05) is 146 Å². The summed E-state index contributed by atoms with van der Waals surface area (Å²) in [5.74, 6) is -1.26. The second kappa shape index (κ2) is 16.1. The van der Waals surface area contributed by atoms with Gasteiger partial charge in [0.1, 0.15) is 11.2 Å². The van der Waals surface area contributed by atoms with Crippen LogP contribution in [0.15, 0.2) is 193 Å². The molecule has 1 aromatic heterocycles. The maximum absolute atomic E-state index is 12.9. The normalized spacial score (nSPS) is 11.6. The van der Waals surface area contributed by atoms with Crippen LogP contribution in [0, 0.1) is 0 Å². The van der Waals surface area contributed by atoms with Crippen LogP contribution in [-0.4, -0.2) is 51.3 Å². The van der Waals surface area contributed by atoms with Crippen molar-refractivity contribution in [3.05, 3.63) is 226 Å². The Hall–Kier alpha value is -5.31. The zero-order valence-corrected chi connectivity index (χ0v) is 27.8. The fourth-order valence-electron chi connectivity index (χ4n) is 6.37. The van der Waals surface area contributed by atoms with Gasteiger partial charge in [-0.25, -0.2) is 9.78 Å². The maximum atomic E-state index is 12.9. The summed E-state index contributed by atoms with van der Waals surface area (Å²) >= 11 is 1.31. The second-order valence-corrected chi connectivity index (χ2v) is 12.5.